The fraction of sp³-hybridized carbons (Fsp3) is 0.292. The minimum atomic E-state index is -0.269. The molecule has 2 aromatic carbocycles. The van der Waals surface area contributed by atoms with Crippen molar-refractivity contribution in [3.05, 3.63) is 103 Å². The Morgan fingerprint density at radius 3 is 2.53 bits per heavy atom. The number of hydrogen-bond donors (Lipinski definition) is 0. The lowest BCUT2D eigenvalue weighted by molar-refractivity contribution is 0.237. The van der Waals surface area contributed by atoms with Crippen molar-refractivity contribution < 1.29 is 0 Å². The van der Waals surface area contributed by atoms with Crippen LogP contribution in [0.25, 0.3) is 0 Å². The second kappa shape index (κ2) is 8.13. The van der Waals surface area contributed by atoms with E-state index < -0.39 is 0 Å². The second-order valence-corrected chi connectivity index (χ2v) is 7.92. The maximum Gasteiger partial charge on any atom is 0.331 e. The van der Waals surface area contributed by atoms with Crippen LogP contribution >= 0.6 is 0 Å². The molecular weight excluding hydrogens is 376 g/mol. The highest BCUT2D eigenvalue weighted by atomic mass is 16.2. The summed E-state index contributed by atoms with van der Waals surface area (Å²) in [5, 5.41) is 9.12. The van der Waals surface area contributed by atoms with Crippen LogP contribution in [0.4, 0.5) is 0 Å². The van der Waals surface area contributed by atoms with Crippen LogP contribution in [-0.4, -0.2) is 20.6 Å². The maximum absolute atomic E-state index is 13.2. The van der Waals surface area contributed by atoms with E-state index >= 15 is 0 Å². The number of aromatic nitrogens is 2. The summed E-state index contributed by atoms with van der Waals surface area (Å²) in [5.41, 5.74) is 4.79. The van der Waals surface area contributed by atoms with E-state index in [1.165, 1.54) is 4.57 Å². The first-order chi connectivity index (χ1) is 14.5. The molecule has 1 aliphatic heterocycles. The van der Waals surface area contributed by atoms with Crippen LogP contribution in [0.5, 0.6) is 0 Å². The van der Waals surface area contributed by atoms with Gasteiger partial charge in [0, 0.05) is 38.8 Å². The van der Waals surface area contributed by atoms with Gasteiger partial charge in [0.2, 0.25) is 0 Å². The zero-order chi connectivity index (χ0) is 21.3. The molecule has 0 saturated heterocycles. The Balaban J connectivity index is 1.65. The first-order valence-electron chi connectivity index (χ1n) is 10.0. The highest BCUT2D eigenvalue weighted by Crippen LogP contribution is 2.17. The van der Waals surface area contributed by atoms with Crippen LogP contribution in [0.15, 0.2) is 58.1 Å². The molecule has 6 nitrogen and oxygen atoms in total. The van der Waals surface area contributed by atoms with Crippen molar-refractivity contribution >= 4 is 0 Å². The smallest absolute Gasteiger partial charge is 0.300 e. The van der Waals surface area contributed by atoms with E-state index in [1.54, 1.807) is 17.7 Å². The summed E-state index contributed by atoms with van der Waals surface area (Å²) in [6.45, 7) is 4.19. The Bertz CT molecular complexity index is 1250. The molecule has 0 spiro atoms. The van der Waals surface area contributed by atoms with Crippen LogP contribution in [0.2, 0.25) is 0 Å². The van der Waals surface area contributed by atoms with Crippen molar-refractivity contribution in [2.24, 2.45) is 7.05 Å². The van der Waals surface area contributed by atoms with E-state index in [2.05, 4.69) is 11.0 Å². The molecule has 0 unspecified atom stereocenters. The molecule has 0 aliphatic carbocycles. The molecule has 4 rings (SSSR count). The molecule has 30 heavy (non-hydrogen) atoms. The van der Waals surface area contributed by atoms with Crippen molar-refractivity contribution in [3.8, 4) is 6.07 Å². The zero-order valence-electron chi connectivity index (χ0n) is 17.3. The van der Waals surface area contributed by atoms with Gasteiger partial charge in [0.25, 0.3) is 5.56 Å². The van der Waals surface area contributed by atoms with Gasteiger partial charge in [-0.2, -0.15) is 5.26 Å². The summed E-state index contributed by atoms with van der Waals surface area (Å²) in [4.78, 5) is 28.3. The molecule has 0 amide bonds. The normalized spacial score (nSPS) is 13.6. The zero-order valence-corrected chi connectivity index (χ0v) is 17.3. The SMILES string of the molecule is Cc1ccc(Cn2c(=O)c3c(n(C)c2=O)CCN(Cc2cccc(C#N)c2)C3)cc1. The number of fused-ring (bicyclic) bond motifs is 1. The third kappa shape index (κ3) is 3.85. The minimum absolute atomic E-state index is 0.204. The summed E-state index contributed by atoms with van der Waals surface area (Å²) in [6, 6.07) is 17.6. The summed E-state index contributed by atoms with van der Waals surface area (Å²) in [5.74, 6) is 0. The molecule has 0 radical (unpaired) electrons. The lowest BCUT2D eigenvalue weighted by Crippen LogP contribution is -2.47. The molecule has 3 aromatic rings. The van der Waals surface area contributed by atoms with E-state index in [4.69, 9.17) is 5.26 Å². The fourth-order valence-electron chi connectivity index (χ4n) is 4.06. The van der Waals surface area contributed by atoms with Crippen molar-refractivity contribution in [1.82, 2.24) is 14.0 Å². The van der Waals surface area contributed by atoms with E-state index in [0.717, 1.165) is 28.9 Å². The van der Waals surface area contributed by atoms with Crippen LogP contribution in [0.1, 0.15) is 33.5 Å². The van der Waals surface area contributed by atoms with Crippen LogP contribution in [0, 0.1) is 18.3 Å². The summed E-state index contributed by atoms with van der Waals surface area (Å²) < 4.78 is 2.96. The van der Waals surface area contributed by atoms with Crippen molar-refractivity contribution in [3.63, 3.8) is 0 Å². The Morgan fingerprint density at radius 1 is 1.03 bits per heavy atom. The molecule has 1 aliphatic rings. The van der Waals surface area contributed by atoms with Gasteiger partial charge in [-0.25, -0.2) is 4.79 Å². The molecule has 1 aromatic heterocycles. The third-order valence-corrected chi connectivity index (χ3v) is 5.74. The van der Waals surface area contributed by atoms with Crippen molar-refractivity contribution in [2.45, 2.75) is 33.0 Å². The highest BCUT2D eigenvalue weighted by molar-refractivity contribution is 5.33. The van der Waals surface area contributed by atoms with Crippen molar-refractivity contribution in [1.29, 1.82) is 5.26 Å². The molecule has 0 atom stereocenters. The van der Waals surface area contributed by atoms with Gasteiger partial charge in [-0.3, -0.25) is 14.3 Å². The molecule has 6 heteroatoms. The average molecular weight is 400 g/mol. The monoisotopic (exact) mass is 400 g/mol. The van der Waals surface area contributed by atoms with Gasteiger partial charge in [0.05, 0.1) is 23.7 Å². The quantitative estimate of drug-likeness (QED) is 0.674. The van der Waals surface area contributed by atoms with Gasteiger partial charge >= 0.3 is 5.69 Å². The molecule has 0 fully saturated rings. The van der Waals surface area contributed by atoms with Gasteiger partial charge in [0.1, 0.15) is 0 Å². The molecular formula is C24H24N4O2. The van der Waals surface area contributed by atoms with E-state index in [-0.39, 0.29) is 17.8 Å². The second-order valence-electron chi connectivity index (χ2n) is 7.92. The average Bonchev–Trinajstić information content (AvgIpc) is 2.76. The van der Waals surface area contributed by atoms with Crippen LogP contribution < -0.4 is 11.2 Å². The van der Waals surface area contributed by atoms with E-state index in [1.807, 2.05) is 49.4 Å². The lowest BCUT2D eigenvalue weighted by Gasteiger charge is -2.30. The number of rotatable bonds is 4. The van der Waals surface area contributed by atoms with Gasteiger partial charge in [0.15, 0.2) is 0 Å². The predicted octanol–water partition coefficient (Wildman–Crippen LogP) is 2.33. The Hall–Kier alpha value is -3.43. The molecule has 0 bridgehead atoms. The first kappa shape index (κ1) is 19.9. The molecule has 0 N–H and O–H groups in total. The topological polar surface area (TPSA) is 71.0 Å². The number of benzene rings is 2. The summed E-state index contributed by atoms with van der Waals surface area (Å²) >= 11 is 0. The summed E-state index contributed by atoms with van der Waals surface area (Å²) in [6.07, 6.45) is 0.652. The summed E-state index contributed by atoms with van der Waals surface area (Å²) in [7, 11) is 1.75. The number of nitrogens with zero attached hydrogens (tertiary/aromatic N) is 4. The van der Waals surface area contributed by atoms with Gasteiger partial charge < -0.3 is 4.57 Å². The number of nitriles is 1. The van der Waals surface area contributed by atoms with Crippen LogP contribution in [0.3, 0.4) is 0 Å². The van der Waals surface area contributed by atoms with Gasteiger partial charge in [-0.15, -0.1) is 0 Å². The fourth-order valence-corrected chi connectivity index (χ4v) is 4.06. The predicted molar refractivity (Wildman–Crippen MR) is 115 cm³/mol. The lowest BCUT2D eigenvalue weighted by atomic mass is 10.0. The minimum Gasteiger partial charge on any atom is -0.300 e. The standard InChI is InChI=1S/C24H24N4O2/c1-17-6-8-18(9-7-17)15-28-23(29)21-16-27(11-10-22(21)26(2)24(28)30)14-20-5-3-4-19(12-20)13-25/h3-9,12H,10-11,14-16H2,1-2H3. The van der Waals surface area contributed by atoms with Crippen LogP contribution in [-0.2, 0) is 33.1 Å². The number of aryl methyl sites for hydroxylation is 1. The number of hydrogen-bond acceptors (Lipinski definition) is 4. The molecule has 2 heterocycles. The van der Waals surface area contributed by atoms with E-state index in [9.17, 15) is 9.59 Å². The largest absolute Gasteiger partial charge is 0.331 e. The van der Waals surface area contributed by atoms with Crippen molar-refractivity contribution in [2.75, 3.05) is 6.54 Å². The molecule has 0 saturated carbocycles. The van der Waals surface area contributed by atoms with Gasteiger partial charge in [-0.05, 0) is 30.2 Å². The van der Waals surface area contributed by atoms with E-state index in [0.29, 0.717) is 30.6 Å². The molecule has 152 valence electrons. The Morgan fingerprint density at radius 2 is 1.80 bits per heavy atom. The first-order valence-corrected chi connectivity index (χ1v) is 10.0. The Labute approximate surface area is 175 Å². The third-order valence-electron chi connectivity index (χ3n) is 5.74. The van der Waals surface area contributed by atoms with Gasteiger partial charge in [-0.1, -0.05) is 42.0 Å². The Kier molecular flexibility index (Phi) is 5.39. The maximum atomic E-state index is 13.2. The highest BCUT2D eigenvalue weighted by Gasteiger charge is 2.24.